The van der Waals surface area contributed by atoms with Gasteiger partial charge in [0.15, 0.2) is 0 Å². The fourth-order valence-electron chi connectivity index (χ4n) is 1.97. The molecule has 1 rings (SSSR count). The van der Waals surface area contributed by atoms with Crippen LogP contribution in [0.25, 0.3) is 0 Å². The molecule has 1 N–H and O–H groups in total. The van der Waals surface area contributed by atoms with Gasteiger partial charge in [0.25, 0.3) is 5.91 Å². The first-order valence-corrected chi connectivity index (χ1v) is 6.79. The zero-order valence-electron chi connectivity index (χ0n) is 12.1. The number of hydrogen-bond donors (Lipinski definition) is 1. The van der Waals surface area contributed by atoms with E-state index in [-0.39, 0.29) is 5.91 Å². The van der Waals surface area contributed by atoms with Gasteiger partial charge in [-0.25, -0.2) is 0 Å². The van der Waals surface area contributed by atoms with Crippen molar-refractivity contribution in [1.29, 1.82) is 0 Å². The SMILES string of the molecule is C=CCOc1cc(C)c(C(=O)NCC)cc1CCC. The Hall–Kier alpha value is -1.77. The van der Waals surface area contributed by atoms with Crippen molar-refractivity contribution in [1.82, 2.24) is 5.32 Å². The van der Waals surface area contributed by atoms with Gasteiger partial charge in [0.2, 0.25) is 0 Å². The van der Waals surface area contributed by atoms with E-state index in [0.717, 1.165) is 35.3 Å². The predicted molar refractivity (Wildman–Crippen MR) is 78.9 cm³/mol. The first kappa shape index (κ1) is 15.3. The maximum atomic E-state index is 12.0. The summed E-state index contributed by atoms with van der Waals surface area (Å²) in [5.41, 5.74) is 2.75. The molecule has 0 aliphatic heterocycles. The average Bonchev–Trinajstić information content (AvgIpc) is 2.39. The third-order valence-electron chi connectivity index (χ3n) is 2.87. The molecule has 3 heteroatoms. The van der Waals surface area contributed by atoms with Crippen LogP contribution in [-0.4, -0.2) is 19.1 Å². The van der Waals surface area contributed by atoms with Crippen LogP contribution >= 0.6 is 0 Å². The molecule has 104 valence electrons. The van der Waals surface area contributed by atoms with Crippen LogP contribution in [0.2, 0.25) is 0 Å². The van der Waals surface area contributed by atoms with Crippen molar-refractivity contribution in [2.24, 2.45) is 0 Å². The molecule has 0 aliphatic rings. The van der Waals surface area contributed by atoms with Crippen molar-refractivity contribution < 1.29 is 9.53 Å². The van der Waals surface area contributed by atoms with Gasteiger partial charge in [-0.15, -0.1) is 0 Å². The summed E-state index contributed by atoms with van der Waals surface area (Å²) in [6.07, 6.45) is 3.64. The molecular weight excluding hydrogens is 238 g/mol. The van der Waals surface area contributed by atoms with Crippen LogP contribution in [0.4, 0.5) is 0 Å². The van der Waals surface area contributed by atoms with Gasteiger partial charge in [-0.1, -0.05) is 26.0 Å². The molecule has 1 aromatic rings. The second-order valence-corrected chi connectivity index (χ2v) is 4.48. The van der Waals surface area contributed by atoms with Crippen molar-refractivity contribution in [2.75, 3.05) is 13.2 Å². The number of carbonyl (C=O) groups excluding carboxylic acids is 1. The Morgan fingerprint density at radius 2 is 2.16 bits per heavy atom. The molecule has 0 unspecified atom stereocenters. The molecule has 0 heterocycles. The number of rotatable bonds is 7. The zero-order valence-corrected chi connectivity index (χ0v) is 12.1. The number of ether oxygens (including phenoxy) is 1. The van der Waals surface area contributed by atoms with Crippen LogP contribution in [0.15, 0.2) is 24.8 Å². The quantitative estimate of drug-likeness (QED) is 0.765. The summed E-state index contributed by atoms with van der Waals surface area (Å²) >= 11 is 0. The van der Waals surface area contributed by atoms with Gasteiger partial charge in [-0.2, -0.15) is 0 Å². The maximum absolute atomic E-state index is 12.0. The molecular formula is C16H23NO2. The summed E-state index contributed by atoms with van der Waals surface area (Å²) in [7, 11) is 0. The topological polar surface area (TPSA) is 38.3 Å². The normalized spacial score (nSPS) is 10.1. The third kappa shape index (κ3) is 4.12. The lowest BCUT2D eigenvalue weighted by atomic mass is 10.0. The summed E-state index contributed by atoms with van der Waals surface area (Å²) in [6, 6.07) is 3.89. The van der Waals surface area contributed by atoms with Crippen LogP contribution in [-0.2, 0) is 6.42 Å². The van der Waals surface area contributed by atoms with Gasteiger partial charge in [-0.05, 0) is 43.5 Å². The zero-order chi connectivity index (χ0) is 14.3. The minimum absolute atomic E-state index is 0.0207. The monoisotopic (exact) mass is 261 g/mol. The molecule has 1 amide bonds. The fraction of sp³-hybridized carbons (Fsp3) is 0.438. The Labute approximate surface area is 115 Å². The number of nitrogens with one attached hydrogen (secondary N) is 1. The third-order valence-corrected chi connectivity index (χ3v) is 2.87. The van der Waals surface area contributed by atoms with Crippen LogP contribution in [0.1, 0.15) is 41.8 Å². The lowest BCUT2D eigenvalue weighted by Gasteiger charge is -2.14. The van der Waals surface area contributed by atoms with Crippen LogP contribution < -0.4 is 10.1 Å². The van der Waals surface area contributed by atoms with E-state index in [1.807, 2.05) is 26.0 Å². The van der Waals surface area contributed by atoms with Crippen LogP contribution in [0.5, 0.6) is 5.75 Å². The van der Waals surface area contributed by atoms with Crippen molar-refractivity contribution in [3.05, 3.63) is 41.5 Å². The van der Waals surface area contributed by atoms with E-state index in [4.69, 9.17) is 4.74 Å². The Balaban J connectivity index is 3.11. The van der Waals surface area contributed by atoms with E-state index < -0.39 is 0 Å². The summed E-state index contributed by atoms with van der Waals surface area (Å²) in [6.45, 7) is 10.7. The first-order chi connectivity index (χ1) is 9.13. The molecule has 3 nitrogen and oxygen atoms in total. The number of benzene rings is 1. The van der Waals surface area contributed by atoms with Gasteiger partial charge in [-0.3, -0.25) is 4.79 Å². The van der Waals surface area contributed by atoms with Gasteiger partial charge in [0.1, 0.15) is 12.4 Å². The Morgan fingerprint density at radius 3 is 2.74 bits per heavy atom. The Kier molecular flexibility index (Phi) is 6.13. The molecule has 19 heavy (non-hydrogen) atoms. The van der Waals surface area contributed by atoms with Gasteiger partial charge >= 0.3 is 0 Å². The molecule has 0 radical (unpaired) electrons. The van der Waals surface area contributed by atoms with Crippen molar-refractivity contribution >= 4 is 5.91 Å². The first-order valence-electron chi connectivity index (χ1n) is 6.79. The highest BCUT2D eigenvalue weighted by Gasteiger charge is 2.13. The van der Waals surface area contributed by atoms with E-state index in [1.54, 1.807) is 6.08 Å². The molecule has 0 atom stereocenters. The van der Waals surface area contributed by atoms with E-state index in [9.17, 15) is 4.79 Å². The number of carbonyl (C=O) groups is 1. The standard InChI is InChI=1S/C16H23NO2/c1-5-8-13-11-14(16(18)17-7-3)12(4)10-15(13)19-9-6-2/h6,10-11H,2,5,7-9H2,1,3-4H3,(H,17,18). The van der Waals surface area contributed by atoms with Gasteiger partial charge in [0.05, 0.1) is 0 Å². The second-order valence-electron chi connectivity index (χ2n) is 4.48. The molecule has 0 saturated heterocycles. The van der Waals surface area contributed by atoms with Crippen molar-refractivity contribution in [3.8, 4) is 5.75 Å². The number of aryl methyl sites for hydroxylation is 2. The lowest BCUT2D eigenvalue weighted by molar-refractivity contribution is 0.0955. The number of amides is 1. The van der Waals surface area contributed by atoms with E-state index >= 15 is 0 Å². The summed E-state index contributed by atoms with van der Waals surface area (Å²) < 4.78 is 5.66. The molecule has 0 spiro atoms. The van der Waals surface area contributed by atoms with Gasteiger partial charge < -0.3 is 10.1 Å². The Morgan fingerprint density at radius 1 is 1.42 bits per heavy atom. The van der Waals surface area contributed by atoms with E-state index in [1.165, 1.54) is 0 Å². The molecule has 0 aliphatic carbocycles. The van der Waals surface area contributed by atoms with Gasteiger partial charge in [0, 0.05) is 12.1 Å². The van der Waals surface area contributed by atoms with Crippen molar-refractivity contribution in [3.63, 3.8) is 0 Å². The van der Waals surface area contributed by atoms with Crippen LogP contribution in [0.3, 0.4) is 0 Å². The fourth-order valence-corrected chi connectivity index (χ4v) is 1.97. The summed E-state index contributed by atoms with van der Waals surface area (Å²) in [4.78, 5) is 12.0. The molecule has 0 bridgehead atoms. The van der Waals surface area contributed by atoms with E-state index in [0.29, 0.717) is 13.2 Å². The molecule has 1 aromatic carbocycles. The average molecular weight is 261 g/mol. The minimum atomic E-state index is -0.0207. The second kappa shape index (κ2) is 7.62. The highest BCUT2D eigenvalue weighted by molar-refractivity contribution is 5.96. The Bertz CT molecular complexity index is 452. The lowest BCUT2D eigenvalue weighted by Crippen LogP contribution is -2.23. The highest BCUT2D eigenvalue weighted by Crippen LogP contribution is 2.25. The minimum Gasteiger partial charge on any atom is -0.489 e. The molecule has 0 saturated carbocycles. The van der Waals surface area contributed by atoms with Crippen molar-refractivity contribution in [2.45, 2.75) is 33.6 Å². The summed E-state index contributed by atoms with van der Waals surface area (Å²) in [5, 5.41) is 2.84. The van der Waals surface area contributed by atoms with E-state index in [2.05, 4.69) is 18.8 Å². The molecule has 0 aromatic heterocycles. The summed E-state index contributed by atoms with van der Waals surface area (Å²) in [5.74, 6) is 0.833. The number of hydrogen-bond acceptors (Lipinski definition) is 2. The maximum Gasteiger partial charge on any atom is 0.251 e. The van der Waals surface area contributed by atoms with Crippen LogP contribution in [0, 0.1) is 6.92 Å². The smallest absolute Gasteiger partial charge is 0.251 e. The largest absolute Gasteiger partial charge is 0.489 e. The highest BCUT2D eigenvalue weighted by atomic mass is 16.5. The predicted octanol–water partition coefficient (Wildman–Crippen LogP) is 3.26. The molecule has 0 fully saturated rings.